The summed E-state index contributed by atoms with van der Waals surface area (Å²) in [5.74, 6) is 0. The number of aryl methyl sites for hydroxylation is 1. The van der Waals surface area contributed by atoms with Gasteiger partial charge >= 0.3 is 0 Å². The van der Waals surface area contributed by atoms with E-state index in [4.69, 9.17) is 22.7 Å². The summed E-state index contributed by atoms with van der Waals surface area (Å²) in [5, 5.41) is 0. The molecule has 4 nitrogen and oxygen atoms in total. The number of thiocarbonyl (C=S) groups is 1. The Bertz CT molecular complexity index is 501. The first-order valence-electron chi connectivity index (χ1n) is 5.86. The molecule has 0 aliphatic rings. The molecule has 0 radical (unpaired) electrons. The normalized spacial score (nSPS) is 11.6. The molecule has 2 N–H and O–H groups in total. The maximum atomic E-state index is 12.1. The predicted molar refractivity (Wildman–Crippen MR) is 77.0 cm³/mol. The smallest absolute Gasteiger partial charge is 0.261 e. The highest BCUT2D eigenvalue weighted by atomic mass is 32.1. The Morgan fingerprint density at radius 3 is 2.56 bits per heavy atom. The van der Waals surface area contributed by atoms with Crippen LogP contribution in [0, 0.1) is 6.92 Å². The van der Waals surface area contributed by atoms with Gasteiger partial charge in [-0.2, -0.15) is 0 Å². The number of nitrogens with two attached hydrogens (primary N) is 1. The van der Waals surface area contributed by atoms with Crippen LogP contribution in [0.25, 0.3) is 0 Å². The minimum Gasteiger partial charge on any atom is -0.389 e. The van der Waals surface area contributed by atoms with Gasteiger partial charge < -0.3 is 15.0 Å². The van der Waals surface area contributed by atoms with Gasteiger partial charge in [-0.3, -0.25) is 4.79 Å². The fourth-order valence-corrected chi connectivity index (χ4v) is 1.73. The molecule has 0 aromatic carbocycles. The fourth-order valence-electron chi connectivity index (χ4n) is 1.58. The van der Waals surface area contributed by atoms with Crippen LogP contribution in [-0.4, -0.2) is 21.8 Å². The molecule has 0 saturated heterocycles. The van der Waals surface area contributed by atoms with Crippen LogP contribution in [0.3, 0.4) is 0 Å². The predicted octanol–water partition coefficient (Wildman–Crippen LogP) is 1.61. The lowest BCUT2D eigenvalue weighted by molar-refractivity contribution is -0.00731. The molecule has 0 saturated carbocycles. The van der Waals surface area contributed by atoms with E-state index in [9.17, 15) is 4.79 Å². The summed E-state index contributed by atoms with van der Waals surface area (Å²) in [6.45, 7) is 8.79. The van der Waals surface area contributed by atoms with Gasteiger partial charge in [-0.05, 0) is 39.8 Å². The van der Waals surface area contributed by atoms with Crippen molar-refractivity contribution in [2.24, 2.45) is 5.73 Å². The molecule has 100 valence electrons. The second-order valence-corrected chi connectivity index (χ2v) is 5.61. The molecule has 0 fully saturated rings. The van der Waals surface area contributed by atoms with Gasteiger partial charge in [0.1, 0.15) is 4.99 Å². The Morgan fingerprint density at radius 1 is 1.44 bits per heavy atom. The summed E-state index contributed by atoms with van der Waals surface area (Å²) in [7, 11) is 0. The van der Waals surface area contributed by atoms with Gasteiger partial charge in [0, 0.05) is 12.2 Å². The third-order valence-electron chi connectivity index (χ3n) is 2.51. The number of aromatic nitrogens is 1. The van der Waals surface area contributed by atoms with Crippen LogP contribution in [0.4, 0.5) is 0 Å². The number of nitrogens with zero attached hydrogens (tertiary/aromatic N) is 1. The van der Waals surface area contributed by atoms with Gasteiger partial charge in [0.15, 0.2) is 0 Å². The van der Waals surface area contributed by atoms with Crippen molar-refractivity contribution < 1.29 is 4.74 Å². The molecular formula is C13H20N2O2S. The third-order valence-corrected chi connectivity index (χ3v) is 2.73. The molecule has 0 aliphatic heterocycles. The van der Waals surface area contributed by atoms with Crippen molar-refractivity contribution in [1.29, 1.82) is 0 Å². The second kappa shape index (κ2) is 5.63. The minimum atomic E-state index is -0.210. The van der Waals surface area contributed by atoms with E-state index in [-0.39, 0.29) is 16.1 Å². The topological polar surface area (TPSA) is 57.2 Å². The Balaban J connectivity index is 2.92. The first kappa shape index (κ1) is 14.9. The summed E-state index contributed by atoms with van der Waals surface area (Å²) >= 11 is 4.86. The van der Waals surface area contributed by atoms with Crippen LogP contribution in [0.15, 0.2) is 16.9 Å². The van der Waals surface area contributed by atoms with Crippen LogP contribution < -0.4 is 11.3 Å². The second-order valence-electron chi connectivity index (χ2n) is 5.17. The van der Waals surface area contributed by atoms with Gasteiger partial charge in [0.25, 0.3) is 5.56 Å². The van der Waals surface area contributed by atoms with Crippen molar-refractivity contribution in [3.63, 3.8) is 0 Å². The van der Waals surface area contributed by atoms with E-state index in [2.05, 4.69) is 0 Å². The van der Waals surface area contributed by atoms with Crippen LogP contribution in [0.2, 0.25) is 0 Å². The van der Waals surface area contributed by atoms with Crippen molar-refractivity contribution in [3.05, 3.63) is 33.7 Å². The molecule has 1 aromatic rings. The fraction of sp³-hybridized carbons (Fsp3) is 0.538. The summed E-state index contributed by atoms with van der Waals surface area (Å²) in [4.78, 5) is 12.3. The molecule has 1 rings (SSSR count). The standard InChI is InChI=1S/C13H20N2O2S/c1-9-5-6-10(11(14)18)12(16)15(9)7-8-17-13(2,3)4/h5-6H,7-8H2,1-4H3,(H2,14,18). The summed E-state index contributed by atoms with van der Waals surface area (Å²) < 4.78 is 7.26. The van der Waals surface area contributed by atoms with E-state index in [1.807, 2.05) is 33.8 Å². The molecule has 0 unspecified atom stereocenters. The largest absolute Gasteiger partial charge is 0.389 e. The first-order valence-corrected chi connectivity index (χ1v) is 6.27. The van der Waals surface area contributed by atoms with Crippen LogP contribution >= 0.6 is 12.2 Å². The maximum absolute atomic E-state index is 12.1. The highest BCUT2D eigenvalue weighted by Gasteiger charge is 2.12. The molecule has 1 aromatic heterocycles. The number of pyridine rings is 1. The zero-order valence-electron chi connectivity index (χ0n) is 11.3. The van der Waals surface area contributed by atoms with E-state index in [0.29, 0.717) is 18.7 Å². The number of rotatable bonds is 4. The number of hydrogen-bond donors (Lipinski definition) is 1. The summed E-state index contributed by atoms with van der Waals surface area (Å²) in [6, 6.07) is 3.51. The SMILES string of the molecule is Cc1ccc(C(N)=S)c(=O)n1CCOC(C)(C)C. The molecule has 0 atom stereocenters. The molecule has 18 heavy (non-hydrogen) atoms. The van der Waals surface area contributed by atoms with Gasteiger partial charge in [-0.25, -0.2) is 0 Å². The van der Waals surface area contributed by atoms with Gasteiger partial charge in [0.05, 0.1) is 17.8 Å². The zero-order chi connectivity index (χ0) is 13.9. The third kappa shape index (κ3) is 3.92. The minimum absolute atomic E-state index is 0.130. The first-order chi connectivity index (χ1) is 8.22. The quantitative estimate of drug-likeness (QED) is 0.843. The van der Waals surface area contributed by atoms with E-state index in [1.165, 1.54) is 0 Å². The number of ether oxygens (including phenoxy) is 1. The molecule has 5 heteroatoms. The lowest BCUT2D eigenvalue weighted by atomic mass is 10.2. The zero-order valence-corrected chi connectivity index (χ0v) is 12.1. The van der Waals surface area contributed by atoms with Crippen LogP contribution in [0.5, 0.6) is 0 Å². The van der Waals surface area contributed by atoms with Crippen LogP contribution in [0.1, 0.15) is 32.0 Å². The maximum Gasteiger partial charge on any atom is 0.261 e. The molecule has 1 heterocycles. The highest BCUT2D eigenvalue weighted by molar-refractivity contribution is 7.80. The lowest BCUT2D eigenvalue weighted by Gasteiger charge is -2.20. The van der Waals surface area contributed by atoms with Crippen LogP contribution in [-0.2, 0) is 11.3 Å². The molecule has 0 aliphatic carbocycles. The summed E-state index contributed by atoms with van der Waals surface area (Å²) in [6.07, 6.45) is 0. The van der Waals surface area contributed by atoms with E-state index in [0.717, 1.165) is 5.69 Å². The van der Waals surface area contributed by atoms with E-state index < -0.39 is 0 Å². The average Bonchev–Trinajstić information content (AvgIpc) is 2.20. The average molecular weight is 268 g/mol. The Kier molecular flexibility index (Phi) is 4.65. The van der Waals surface area contributed by atoms with E-state index in [1.54, 1.807) is 10.6 Å². The van der Waals surface area contributed by atoms with Crippen molar-refractivity contribution in [1.82, 2.24) is 4.57 Å². The Labute approximate surface area is 113 Å². The molecule has 0 bridgehead atoms. The van der Waals surface area contributed by atoms with Gasteiger partial charge in [-0.1, -0.05) is 12.2 Å². The molecular weight excluding hydrogens is 248 g/mol. The van der Waals surface area contributed by atoms with E-state index >= 15 is 0 Å². The van der Waals surface area contributed by atoms with Crippen molar-refractivity contribution in [2.45, 2.75) is 39.8 Å². The van der Waals surface area contributed by atoms with Crippen molar-refractivity contribution in [2.75, 3.05) is 6.61 Å². The Hall–Kier alpha value is -1.20. The lowest BCUT2D eigenvalue weighted by Crippen LogP contribution is -2.32. The van der Waals surface area contributed by atoms with Gasteiger partial charge in [0.2, 0.25) is 0 Å². The summed E-state index contributed by atoms with van der Waals surface area (Å²) in [5.41, 5.74) is 6.41. The monoisotopic (exact) mass is 268 g/mol. The van der Waals surface area contributed by atoms with Gasteiger partial charge in [-0.15, -0.1) is 0 Å². The highest BCUT2D eigenvalue weighted by Crippen LogP contribution is 2.07. The number of hydrogen-bond acceptors (Lipinski definition) is 3. The Morgan fingerprint density at radius 2 is 2.06 bits per heavy atom. The molecule has 0 spiro atoms. The van der Waals surface area contributed by atoms with Crippen molar-refractivity contribution >= 4 is 17.2 Å². The van der Waals surface area contributed by atoms with Crippen molar-refractivity contribution in [3.8, 4) is 0 Å². The molecule has 0 amide bonds.